The Hall–Kier alpha value is -0.640. The lowest BCUT2D eigenvalue weighted by molar-refractivity contribution is -0.0480. The number of hydrogen-bond donors (Lipinski definition) is 2. The minimum Gasteiger partial charge on any atom is -0.392 e. The number of alkyl halides is 2. The van der Waals surface area contributed by atoms with Gasteiger partial charge in [0, 0.05) is 19.9 Å². The first-order valence-corrected chi connectivity index (χ1v) is 7.70. The molecule has 2 N–H and O–H groups in total. The summed E-state index contributed by atoms with van der Waals surface area (Å²) in [4.78, 5) is 0. The lowest BCUT2D eigenvalue weighted by Crippen LogP contribution is -2.27. The van der Waals surface area contributed by atoms with Crippen LogP contribution in [0.5, 0.6) is 0 Å². The lowest BCUT2D eigenvalue weighted by Gasteiger charge is -2.30. The van der Waals surface area contributed by atoms with E-state index < -0.39 is 5.92 Å². The molecule has 120 valence electrons. The normalized spacial score (nSPS) is 19.7. The topological polar surface area (TPSA) is 24.1 Å². The lowest BCUT2D eigenvalue weighted by atomic mass is 9.80. The molecule has 1 fully saturated rings. The third kappa shape index (κ3) is 9.29. The molecule has 1 aliphatic carbocycles. The van der Waals surface area contributed by atoms with Crippen molar-refractivity contribution in [3.8, 4) is 0 Å². The van der Waals surface area contributed by atoms with Gasteiger partial charge in [-0.25, -0.2) is 8.78 Å². The fourth-order valence-corrected chi connectivity index (χ4v) is 2.49. The van der Waals surface area contributed by atoms with Crippen LogP contribution in [-0.4, -0.2) is 26.6 Å². The van der Waals surface area contributed by atoms with Gasteiger partial charge in [0.05, 0.1) is 0 Å². The molecule has 0 aromatic heterocycles. The van der Waals surface area contributed by atoms with E-state index in [1.165, 1.54) is 0 Å². The van der Waals surface area contributed by atoms with E-state index in [1.54, 1.807) is 0 Å². The second-order valence-corrected chi connectivity index (χ2v) is 5.90. The predicted molar refractivity (Wildman–Crippen MR) is 83.1 cm³/mol. The zero-order valence-corrected chi connectivity index (χ0v) is 13.6. The third-order valence-corrected chi connectivity index (χ3v) is 4.00. The maximum atomic E-state index is 12.9. The summed E-state index contributed by atoms with van der Waals surface area (Å²) in [6.07, 6.45) is 3.91. The minimum absolute atomic E-state index is 0.105. The molecule has 0 amide bonds. The quantitative estimate of drug-likeness (QED) is 0.766. The molecular formula is C16H32F2N2. The summed E-state index contributed by atoms with van der Waals surface area (Å²) >= 11 is 0. The van der Waals surface area contributed by atoms with Gasteiger partial charge < -0.3 is 10.6 Å². The molecule has 0 heterocycles. The van der Waals surface area contributed by atoms with Gasteiger partial charge >= 0.3 is 0 Å². The zero-order valence-electron chi connectivity index (χ0n) is 13.6. The molecule has 0 aliphatic heterocycles. The van der Waals surface area contributed by atoms with Crippen LogP contribution in [0.1, 0.15) is 52.4 Å². The van der Waals surface area contributed by atoms with Crippen molar-refractivity contribution in [1.82, 2.24) is 10.6 Å². The maximum absolute atomic E-state index is 12.9. The number of allylic oxidation sites excluding steroid dienone is 1. The molecule has 1 saturated carbocycles. The summed E-state index contributed by atoms with van der Waals surface area (Å²) in [5.74, 6) is -1.18. The van der Waals surface area contributed by atoms with Crippen molar-refractivity contribution in [2.75, 3.05) is 20.6 Å². The SMILES string of the molecule is C=C(C)NC.CC[C@H](CNC)CC1CCC(F)(F)CC1. The van der Waals surface area contributed by atoms with E-state index in [4.69, 9.17) is 0 Å². The average Bonchev–Trinajstić information content (AvgIpc) is 2.41. The van der Waals surface area contributed by atoms with Crippen LogP contribution in [0.2, 0.25) is 0 Å². The highest BCUT2D eigenvalue weighted by Gasteiger charge is 2.35. The molecule has 1 atom stereocenters. The highest BCUT2D eigenvalue weighted by molar-refractivity contribution is 4.81. The van der Waals surface area contributed by atoms with Crippen LogP contribution in [0.25, 0.3) is 0 Å². The largest absolute Gasteiger partial charge is 0.392 e. The van der Waals surface area contributed by atoms with E-state index in [2.05, 4.69) is 24.1 Å². The number of hydrogen-bond acceptors (Lipinski definition) is 2. The van der Waals surface area contributed by atoms with E-state index >= 15 is 0 Å². The summed E-state index contributed by atoms with van der Waals surface area (Å²) in [6, 6.07) is 0. The van der Waals surface area contributed by atoms with Crippen LogP contribution in [0, 0.1) is 11.8 Å². The Bertz CT molecular complexity index is 257. The van der Waals surface area contributed by atoms with Crippen molar-refractivity contribution in [1.29, 1.82) is 0 Å². The summed E-state index contributed by atoms with van der Waals surface area (Å²) in [5.41, 5.74) is 1.00. The van der Waals surface area contributed by atoms with Crippen molar-refractivity contribution in [3.05, 3.63) is 12.3 Å². The first kappa shape index (κ1) is 19.4. The second kappa shape index (κ2) is 10.1. The predicted octanol–water partition coefficient (Wildman–Crippen LogP) is 4.19. The molecule has 0 aromatic rings. The van der Waals surface area contributed by atoms with Gasteiger partial charge in [0.2, 0.25) is 5.92 Å². The molecule has 0 radical (unpaired) electrons. The van der Waals surface area contributed by atoms with Crippen LogP contribution < -0.4 is 10.6 Å². The van der Waals surface area contributed by atoms with Gasteiger partial charge in [0.1, 0.15) is 0 Å². The molecule has 0 unspecified atom stereocenters. The Morgan fingerprint density at radius 1 is 1.30 bits per heavy atom. The molecule has 0 aromatic carbocycles. The van der Waals surface area contributed by atoms with E-state index in [9.17, 15) is 8.78 Å². The first-order valence-electron chi connectivity index (χ1n) is 7.70. The molecule has 0 bridgehead atoms. The van der Waals surface area contributed by atoms with Gasteiger partial charge in [-0.15, -0.1) is 0 Å². The summed E-state index contributed by atoms with van der Waals surface area (Å²) < 4.78 is 25.9. The van der Waals surface area contributed by atoms with Crippen molar-refractivity contribution in [2.24, 2.45) is 11.8 Å². The van der Waals surface area contributed by atoms with E-state index in [-0.39, 0.29) is 12.8 Å². The third-order valence-electron chi connectivity index (χ3n) is 4.00. The van der Waals surface area contributed by atoms with Gasteiger partial charge in [0.25, 0.3) is 0 Å². The van der Waals surface area contributed by atoms with Crippen LogP contribution in [0.15, 0.2) is 12.3 Å². The highest BCUT2D eigenvalue weighted by atomic mass is 19.3. The summed E-state index contributed by atoms with van der Waals surface area (Å²) in [6.45, 7) is 8.68. The van der Waals surface area contributed by atoms with Crippen molar-refractivity contribution in [3.63, 3.8) is 0 Å². The smallest absolute Gasteiger partial charge is 0.248 e. The fraction of sp³-hybridized carbons (Fsp3) is 0.875. The van der Waals surface area contributed by atoms with E-state index in [0.29, 0.717) is 24.7 Å². The Kier molecular flexibility index (Phi) is 9.82. The first-order chi connectivity index (χ1) is 9.34. The standard InChI is InChI=1S/C12H23F2N.C4H9N/c1-3-10(9-15-2)8-11-4-6-12(13,14)7-5-11;1-4(2)5-3/h10-11,15H,3-9H2,1-2H3;5H,1H2,2-3H3/t10-;/m0./s1. The van der Waals surface area contributed by atoms with Crippen LogP contribution in [-0.2, 0) is 0 Å². The van der Waals surface area contributed by atoms with Crippen LogP contribution in [0.3, 0.4) is 0 Å². The van der Waals surface area contributed by atoms with E-state index in [0.717, 1.165) is 25.1 Å². The number of halogens is 2. The molecule has 2 nitrogen and oxygen atoms in total. The van der Waals surface area contributed by atoms with Crippen molar-refractivity contribution >= 4 is 0 Å². The van der Waals surface area contributed by atoms with Gasteiger partial charge in [-0.05, 0) is 57.3 Å². The summed E-state index contributed by atoms with van der Waals surface area (Å²) in [7, 11) is 3.81. The van der Waals surface area contributed by atoms with Gasteiger partial charge in [-0.3, -0.25) is 0 Å². The van der Waals surface area contributed by atoms with Gasteiger partial charge in [-0.2, -0.15) is 0 Å². The fourth-order valence-electron chi connectivity index (χ4n) is 2.49. The monoisotopic (exact) mass is 290 g/mol. The second-order valence-electron chi connectivity index (χ2n) is 5.90. The Morgan fingerprint density at radius 3 is 2.15 bits per heavy atom. The number of nitrogens with one attached hydrogen (secondary N) is 2. The molecule has 0 spiro atoms. The van der Waals surface area contributed by atoms with Crippen molar-refractivity contribution in [2.45, 2.75) is 58.3 Å². The van der Waals surface area contributed by atoms with Crippen molar-refractivity contribution < 1.29 is 8.78 Å². The van der Waals surface area contributed by atoms with Crippen LogP contribution in [0.4, 0.5) is 8.78 Å². The maximum Gasteiger partial charge on any atom is 0.248 e. The van der Waals surface area contributed by atoms with Gasteiger partial charge in [-0.1, -0.05) is 19.9 Å². The highest BCUT2D eigenvalue weighted by Crippen LogP contribution is 2.38. The average molecular weight is 290 g/mol. The Morgan fingerprint density at radius 2 is 1.80 bits per heavy atom. The Balaban J connectivity index is 0.000000621. The molecule has 4 heteroatoms. The zero-order chi connectivity index (χ0) is 15.6. The van der Waals surface area contributed by atoms with E-state index in [1.807, 2.05) is 21.0 Å². The molecule has 1 aliphatic rings. The Labute approximate surface area is 123 Å². The minimum atomic E-state index is -2.37. The molecule has 0 saturated heterocycles. The molecule has 1 rings (SSSR count). The molecular weight excluding hydrogens is 258 g/mol. The summed E-state index contributed by atoms with van der Waals surface area (Å²) in [5, 5.41) is 6.01. The van der Waals surface area contributed by atoms with Gasteiger partial charge in [0.15, 0.2) is 0 Å². The number of rotatable bonds is 6. The molecule has 20 heavy (non-hydrogen) atoms. The van der Waals surface area contributed by atoms with Crippen LogP contribution >= 0.6 is 0 Å².